The fourth-order valence-electron chi connectivity index (χ4n) is 1.84. The number of Topliss-reactive ketones (excluding diaryl/α,β-unsaturated/α-hetero) is 1. The number of nitrogens with one attached hydrogen (secondary N) is 1. The van der Waals surface area contributed by atoms with Crippen LogP contribution in [-0.4, -0.2) is 21.5 Å². The molecule has 1 aromatic carbocycles. The number of benzene rings is 1. The van der Waals surface area contributed by atoms with Crippen LogP contribution in [-0.2, 0) is 6.42 Å². The molecule has 0 unspecified atom stereocenters. The molecule has 2 aromatic rings. The molecule has 0 atom stereocenters. The molecule has 4 nitrogen and oxygen atoms in total. The summed E-state index contributed by atoms with van der Waals surface area (Å²) in [6.07, 6.45) is 1.66. The Morgan fingerprint density at radius 1 is 1.38 bits per heavy atom. The molecule has 0 saturated carbocycles. The van der Waals surface area contributed by atoms with Gasteiger partial charge in [0, 0.05) is 17.3 Å². The molecule has 110 valence electrons. The van der Waals surface area contributed by atoms with E-state index in [4.69, 9.17) is 11.6 Å². The predicted molar refractivity (Wildman–Crippen MR) is 85.4 cm³/mol. The normalized spacial score (nSPS) is 10.6. The number of halogens is 1. The van der Waals surface area contributed by atoms with Gasteiger partial charge in [0.25, 0.3) is 5.56 Å². The molecule has 0 aliphatic carbocycles. The number of H-pyrrole nitrogens is 1. The van der Waals surface area contributed by atoms with Crippen LogP contribution in [0.3, 0.4) is 0 Å². The third-order valence-electron chi connectivity index (χ3n) is 2.79. The van der Waals surface area contributed by atoms with Crippen LogP contribution in [0.25, 0.3) is 0 Å². The Labute approximate surface area is 132 Å². The zero-order valence-electron chi connectivity index (χ0n) is 11.6. The third kappa shape index (κ3) is 4.44. The molecule has 6 heteroatoms. The number of carbonyl (C=O) groups is 1. The predicted octanol–water partition coefficient (Wildman–Crippen LogP) is 3.35. The summed E-state index contributed by atoms with van der Waals surface area (Å²) in [5.74, 6) is 0.0940. The van der Waals surface area contributed by atoms with Gasteiger partial charge < -0.3 is 4.98 Å². The highest BCUT2D eigenvalue weighted by atomic mass is 35.5. The number of aromatic nitrogens is 2. The summed E-state index contributed by atoms with van der Waals surface area (Å²) in [5, 5.41) is 0.899. The second-order valence-corrected chi connectivity index (χ2v) is 5.85. The zero-order chi connectivity index (χ0) is 15.2. The van der Waals surface area contributed by atoms with Gasteiger partial charge in [-0.25, -0.2) is 4.98 Å². The van der Waals surface area contributed by atoms with Crippen LogP contribution in [0.1, 0.15) is 29.4 Å². The van der Waals surface area contributed by atoms with Gasteiger partial charge >= 0.3 is 0 Å². The number of rotatable bonds is 6. The van der Waals surface area contributed by atoms with E-state index in [1.165, 1.54) is 17.8 Å². The fourth-order valence-corrected chi connectivity index (χ4v) is 2.85. The van der Waals surface area contributed by atoms with Crippen molar-refractivity contribution in [3.05, 3.63) is 57.0 Å². The molecular formula is C15H15ClN2O2S. The topological polar surface area (TPSA) is 62.8 Å². The van der Waals surface area contributed by atoms with E-state index in [-0.39, 0.29) is 17.1 Å². The van der Waals surface area contributed by atoms with E-state index < -0.39 is 0 Å². The quantitative estimate of drug-likeness (QED) is 0.503. The third-order valence-corrected chi connectivity index (χ3v) is 4.00. The summed E-state index contributed by atoms with van der Waals surface area (Å²) >= 11 is 7.20. The highest BCUT2D eigenvalue weighted by Gasteiger charge is 2.11. The minimum Gasteiger partial charge on any atom is -0.301 e. The first-order valence-electron chi connectivity index (χ1n) is 6.61. The number of ketones is 1. The maximum atomic E-state index is 12.1. The first kappa shape index (κ1) is 15.8. The van der Waals surface area contributed by atoms with E-state index in [0.29, 0.717) is 15.7 Å². The van der Waals surface area contributed by atoms with Crippen molar-refractivity contribution in [3.8, 4) is 0 Å². The van der Waals surface area contributed by atoms with Gasteiger partial charge in [-0.3, -0.25) is 9.59 Å². The fraction of sp³-hybridized carbons (Fsp3) is 0.267. The van der Waals surface area contributed by atoms with Crippen LogP contribution in [0.4, 0.5) is 0 Å². The Hall–Kier alpha value is -1.59. The van der Waals surface area contributed by atoms with Crippen LogP contribution in [0, 0.1) is 0 Å². The molecule has 1 heterocycles. The van der Waals surface area contributed by atoms with E-state index in [1.54, 1.807) is 24.3 Å². The lowest BCUT2D eigenvalue weighted by Crippen LogP contribution is -2.11. The molecule has 1 aromatic heterocycles. The van der Waals surface area contributed by atoms with E-state index >= 15 is 0 Å². The Morgan fingerprint density at radius 3 is 2.86 bits per heavy atom. The van der Waals surface area contributed by atoms with E-state index in [9.17, 15) is 9.59 Å². The summed E-state index contributed by atoms with van der Waals surface area (Å²) < 4.78 is 0. The van der Waals surface area contributed by atoms with Gasteiger partial charge in [-0.15, -0.1) is 0 Å². The van der Waals surface area contributed by atoms with Crippen LogP contribution < -0.4 is 5.56 Å². The lowest BCUT2D eigenvalue weighted by atomic mass is 10.1. The van der Waals surface area contributed by atoms with Crippen molar-refractivity contribution >= 4 is 29.1 Å². The molecule has 0 spiro atoms. The summed E-state index contributed by atoms with van der Waals surface area (Å²) in [6.45, 7) is 2.02. The Kier molecular flexibility index (Phi) is 5.59. The summed E-state index contributed by atoms with van der Waals surface area (Å²) in [7, 11) is 0. The van der Waals surface area contributed by atoms with Crippen LogP contribution >= 0.6 is 23.4 Å². The van der Waals surface area contributed by atoms with Crippen LogP contribution in [0.15, 0.2) is 40.3 Å². The van der Waals surface area contributed by atoms with Crippen molar-refractivity contribution in [2.75, 3.05) is 5.75 Å². The SMILES string of the molecule is CCCc1cc(=O)[nH]c(SCC(=O)c2ccccc2Cl)n1. The molecule has 0 radical (unpaired) electrons. The number of hydrogen-bond acceptors (Lipinski definition) is 4. The van der Waals surface area contributed by atoms with Crippen molar-refractivity contribution in [3.63, 3.8) is 0 Å². The van der Waals surface area contributed by atoms with Crippen molar-refractivity contribution in [2.45, 2.75) is 24.9 Å². The molecule has 1 N–H and O–H groups in total. The molecule has 0 amide bonds. The molecule has 0 fully saturated rings. The van der Waals surface area contributed by atoms with E-state index in [0.717, 1.165) is 18.5 Å². The highest BCUT2D eigenvalue weighted by Crippen LogP contribution is 2.19. The van der Waals surface area contributed by atoms with E-state index in [1.807, 2.05) is 6.92 Å². The molecule has 0 aliphatic heterocycles. The first-order chi connectivity index (χ1) is 10.1. The van der Waals surface area contributed by atoms with Gasteiger partial charge in [0.15, 0.2) is 10.9 Å². The van der Waals surface area contributed by atoms with Crippen molar-refractivity contribution in [2.24, 2.45) is 0 Å². The zero-order valence-corrected chi connectivity index (χ0v) is 13.1. The maximum absolute atomic E-state index is 12.1. The largest absolute Gasteiger partial charge is 0.301 e. The molecule has 21 heavy (non-hydrogen) atoms. The molecule has 0 aliphatic rings. The number of aryl methyl sites for hydroxylation is 1. The molecule has 0 bridgehead atoms. The summed E-state index contributed by atoms with van der Waals surface area (Å²) in [5.41, 5.74) is 1.04. The van der Waals surface area contributed by atoms with Gasteiger partial charge in [-0.05, 0) is 18.6 Å². The summed E-state index contributed by atoms with van der Waals surface area (Å²) in [6, 6.07) is 8.41. The highest BCUT2D eigenvalue weighted by molar-refractivity contribution is 7.99. The van der Waals surface area contributed by atoms with Crippen molar-refractivity contribution < 1.29 is 4.79 Å². The Morgan fingerprint density at radius 2 is 2.14 bits per heavy atom. The number of nitrogens with zero attached hydrogens (tertiary/aromatic N) is 1. The van der Waals surface area contributed by atoms with Gasteiger partial charge in [0.05, 0.1) is 10.8 Å². The van der Waals surface area contributed by atoms with E-state index in [2.05, 4.69) is 9.97 Å². The molecular weight excluding hydrogens is 308 g/mol. The van der Waals surface area contributed by atoms with Gasteiger partial charge in [0.1, 0.15) is 0 Å². The monoisotopic (exact) mass is 322 g/mol. The smallest absolute Gasteiger partial charge is 0.251 e. The average molecular weight is 323 g/mol. The summed E-state index contributed by atoms with van der Waals surface area (Å²) in [4.78, 5) is 30.6. The van der Waals surface area contributed by atoms with Gasteiger partial charge in [-0.1, -0.05) is 48.8 Å². The number of carbonyl (C=O) groups excluding carboxylic acids is 1. The standard InChI is InChI=1S/C15H15ClN2O2S/c1-2-5-10-8-14(20)18-15(17-10)21-9-13(19)11-6-3-4-7-12(11)16/h3-4,6-8H,2,5,9H2,1H3,(H,17,18,20). The Balaban J connectivity index is 2.08. The van der Waals surface area contributed by atoms with Crippen LogP contribution in [0.2, 0.25) is 5.02 Å². The minimum atomic E-state index is -0.193. The number of aromatic amines is 1. The molecule has 2 rings (SSSR count). The van der Waals surface area contributed by atoms with Crippen LogP contribution in [0.5, 0.6) is 0 Å². The second kappa shape index (κ2) is 7.43. The van der Waals surface area contributed by atoms with Crippen molar-refractivity contribution in [1.82, 2.24) is 9.97 Å². The number of hydrogen-bond donors (Lipinski definition) is 1. The lowest BCUT2D eigenvalue weighted by Gasteiger charge is -2.04. The minimum absolute atomic E-state index is 0.0888. The molecule has 0 saturated heterocycles. The van der Waals surface area contributed by atoms with Crippen molar-refractivity contribution in [1.29, 1.82) is 0 Å². The van der Waals surface area contributed by atoms with Gasteiger partial charge in [0.2, 0.25) is 0 Å². The van der Waals surface area contributed by atoms with Gasteiger partial charge in [-0.2, -0.15) is 0 Å². The lowest BCUT2D eigenvalue weighted by molar-refractivity contribution is 0.102. The first-order valence-corrected chi connectivity index (χ1v) is 7.97. The average Bonchev–Trinajstić information content (AvgIpc) is 2.45. The second-order valence-electron chi connectivity index (χ2n) is 4.48. The maximum Gasteiger partial charge on any atom is 0.251 e. The Bertz CT molecular complexity index is 700. The number of thioether (sulfide) groups is 1.